The minimum Gasteiger partial charge on any atom is -0.364 e. The van der Waals surface area contributed by atoms with Gasteiger partial charge in [-0.3, -0.25) is 5.43 Å². The molecule has 3 aromatic heterocycles. The summed E-state index contributed by atoms with van der Waals surface area (Å²) < 4.78 is 0. The van der Waals surface area contributed by atoms with Gasteiger partial charge in [0, 0.05) is 11.1 Å². The summed E-state index contributed by atoms with van der Waals surface area (Å²) in [6.45, 7) is 2.66. The number of rotatable bonds is 5. The van der Waals surface area contributed by atoms with Crippen LogP contribution in [0.3, 0.4) is 0 Å². The maximum Gasteiger partial charge on any atom is 0.240 e. The zero-order chi connectivity index (χ0) is 14.7. The van der Waals surface area contributed by atoms with Crippen LogP contribution < -0.4 is 16.6 Å². The van der Waals surface area contributed by atoms with Gasteiger partial charge in [-0.15, -0.1) is 11.3 Å². The number of nitrogens with zero attached hydrogens (tertiary/aromatic N) is 4. The van der Waals surface area contributed by atoms with Crippen LogP contribution >= 0.6 is 11.3 Å². The molecule has 0 amide bonds. The molecule has 4 N–H and O–H groups in total. The third-order valence-electron chi connectivity index (χ3n) is 2.99. The van der Waals surface area contributed by atoms with Gasteiger partial charge in [0.25, 0.3) is 0 Å². The van der Waals surface area contributed by atoms with Crippen LogP contribution in [0.15, 0.2) is 24.4 Å². The topological polar surface area (TPSA) is 102 Å². The summed E-state index contributed by atoms with van der Waals surface area (Å²) >= 11 is 1.65. The average Bonchev–Trinajstić information content (AvgIpc) is 2.96. The first kappa shape index (κ1) is 13.7. The van der Waals surface area contributed by atoms with E-state index in [1.165, 1.54) is 4.88 Å². The molecule has 0 aliphatic rings. The fraction of sp³-hybridized carbons (Fsp3) is 0.231. The molecule has 3 rings (SSSR count). The number of aryl methyl sites for hydroxylation is 1. The maximum atomic E-state index is 5.44. The summed E-state index contributed by atoms with van der Waals surface area (Å²) in [6.07, 6.45) is 2.62. The van der Waals surface area contributed by atoms with Crippen molar-refractivity contribution in [2.24, 2.45) is 5.84 Å². The van der Waals surface area contributed by atoms with Crippen LogP contribution in [0.25, 0.3) is 10.2 Å². The molecule has 3 aromatic rings. The zero-order valence-corrected chi connectivity index (χ0v) is 12.3. The normalized spacial score (nSPS) is 10.8. The van der Waals surface area contributed by atoms with E-state index >= 15 is 0 Å². The molecule has 0 saturated carbocycles. The minimum absolute atomic E-state index is 0.397. The molecule has 0 spiro atoms. The van der Waals surface area contributed by atoms with Crippen LogP contribution in [-0.4, -0.2) is 20.2 Å². The molecule has 0 unspecified atom stereocenters. The molecule has 3 heterocycles. The predicted molar refractivity (Wildman–Crippen MR) is 84.0 cm³/mol. The van der Waals surface area contributed by atoms with Crippen molar-refractivity contribution in [2.75, 3.05) is 10.7 Å². The first-order valence-corrected chi connectivity index (χ1v) is 7.39. The molecule has 8 heteroatoms. The Morgan fingerprint density at radius 1 is 1.33 bits per heavy atom. The second-order valence-corrected chi connectivity index (χ2v) is 5.51. The van der Waals surface area contributed by atoms with E-state index in [4.69, 9.17) is 5.84 Å². The molecule has 21 heavy (non-hydrogen) atoms. The van der Waals surface area contributed by atoms with Gasteiger partial charge < -0.3 is 5.32 Å². The number of aromatic nitrogens is 4. The summed E-state index contributed by atoms with van der Waals surface area (Å²) in [5, 5.41) is 12.2. The van der Waals surface area contributed by atoms with Crippen LogP contribution in [0.5, 0.6) is 0 Å². The molecule has 0 aliphatic heterocycles. The van der Waals surface area contributed by atoms with Crippen molar-refractivity contribution in [3.05, 3.63) is 35.0 Å². The lowest BCUT2D eigenvalue weighted by Gasteiger charge is -2.07. The molecular weight excluding hydrogens is 286 g/mol. The van der Waals surface area contributed by atoms with Gasteiger partial charge in [-0.1, -0.05) is 6.92 Å². The van der Waals surface area contributed by atoms with Crippen molar-refractivity contribution >= 4 is 33.3 Å². The molecule has 0 aliphatic carbocycles. The van der Waals surface area contributed by atoms with Gasteiger partial charge in [0.15, 0.2) is 0 Å². The van der Waals surface area contributed by atoms with E-state index in [1.807, 2.05) is 12.1 Å². The lowest BCUT2D eigenvalue weighted by molar-refractivity contribution is 0.921. The van der Waals surface area contributed by atoms with E-state index in [-0.39, 0.29) is 0 Å². The standard InChI is InChI=1S/C13H15N7S/c1-2-9-6-10-11(15-7-8-4-3-5-16-20-8)17-13(19-14)18-12(10)21-9/h3-6H,2,7,14H2,1H3,(H2,15,17,18,19). The van der Waals surface area contributed by atoms with Crippen molar-refractivity contribution in [3.8, 4) is 0 Å². The Kier molecular flexibility index (Phi) is 3.89. The highest BCUT2D eigenvalue weighted by Crippen LogP contribution is 2.30. The monoisotopic (exact) mass is 301 g/mol. The van der Waals surface area contributed by atoms with Crippen LogP contribution in [0.4, 0.5) is 11.8 Å². The minimum atomic E-state index is 0.397. The number of fused-ring (bicyclic) bond motifs is 1. The quantitative estimate of drug-likeness (QED) is 0.489. The van der Waals surface area contributed by atoms with Gasteiger partial charge in [0.2, 0.25) is 5.95 Å². The van der Waals surface area contributed by atoms with Gasteiger partial charge in [0.1, 0.15) is 10.6 Å². The van der Waals surface area contributed by atoms with Crippen LogP contribution in [0, 0.1) is 0 Å². The van der Waals surface area contributed by atoms with E-state index in [9.17, 15) is 0 Å². The first-order chi connectivity index (χ1) is 10.3. The summed E-state index contributed by atoms with van der Waals surface area (Å²) in [7, 11) is 0. The molecule has 0 saturated heterocycles. The number of anilines is 2. The Morgan fingerprint density at radius 3 is 2.95 bits per heavy atom. The van der Waals surface area contributed by atoms with E-state index in [1.54, 1.807) is 17.5 Å². The molecule has 7 nitrogen and oxygen atoms in total. The third-order valence-corrected chi connectivity index (χ3v) is 4.16. The molecule has 0 radical (unpaired) electrons. The molecule has 0 fully saturated rings. The lowest BCUT2D eigenvalue weighted by atomic mass is 10.3. The average molecular weight is 301 g/mol. The van der Waals surface area contributed by atoms with E-state index in [0.717, 1.165) is 28.1 Å². The Morgan fingerprint density at radius 2 is 2.24 bits per heavy atom. The fourth-order valence-corrected chi connectivity index (χ4v) is 2.91. The molecule has 0 aromatic carbocycles. The Bertz CT molecular complexity index is 741. The summed E-state index contributed by atoms with van der Waals surface area (Å²) in [6, 6.07) is 5.87. The number of thiophene rings is 1. The second kappa shape index (κ2) is 5.98. The maximum absolute atomic E-state index is 5.44. The van der Waals surface area contributed by atoms with Gasteiger partial charge in [0.05, 0.1) is 17.6 Å². The Balaban J connectivity index is 1.94. The summed E-state index contributed by atoms with van der Waals surface area (Å²) in [5.74, 6) is 6.58. The fourth-order valence-electron chi connectivity index (χ4n) is 1.95. The molecule has 0 atom stereocenters. The van der Waals surface area contributed by atoms with Crippen molar-refractivity contribution in [1.29, 1.82) is 0 Å². The molecule has 108 valence electrons. The highest BCUT2D eigenvalue weighted by Gasteiger charge is 2.11. The van der Waals surface area contributed by atoms with Gasteiger partial charge in [-0.2, -0.15) is 15.2 Å². The van der Waals surface area contributed by atoms with E-state index in [2.05, 4.69) is 43.9 Å². The number of hydrogen-bond acceptors (Lipinski definition) is 8. The SMILES string of the molecule is CCc1cc2c(NCc3cccnn3)nc(NN)nc2s1. The highest BCUT2D eigenvalue weighted by molar-refractivity contribution is 7.18. The second-order valence-electron chi connectivity index (χ2n) is 4.39. The largest absolute Gasteiger partial charge is 0.364 e. The van der Waals surface area contributed by atoms with Crippen LogP contribution in [-0.2, 0) is 13.0 Å². The Labute approximate surface area is 125 Å². The van der Waals surface area contributed by atoms with Crippen molar-refractivity contribution < 1.29 is 0 Å². The number of nitrogen functional groups attached to an aromatic ring is 1. The lowest BCUT2D eigenvalue weighted by Crippen LogP contribution is -2.12. The number of nitrogens with one attached hydrogen (secondary N) is 2. The van der Waals surface area contributed by atoms with Gasteiger partial charge >= 0.3 is 0 Å². The number of hydrogen-bond donors (Lipinski definition) is 3. The van der Waals surface area contributed by atoms with Gasteiger partial charge in [-0.25, -0.2) is 10.8 Å². The predicted octanol–water partition coefficient (Wildman–Crippen LogP) is 1.94. The van der Waals surface area contributed by atoms with Crippen molar-refractivity contribution in [2.45, 2.75) is 19.9 Å². The van der Waals surface area contributed by atoms with Crippen molar-refractivity contribution in [3.63, 3.8) is 0 Å². The smallest absolute Gasteiger partial charge is 0.240 e. The third kappa shape index (κ3) is 2.91. The zero-order valence-electron chi connectivity index (χ0n) is 11.5. The van der Waals surface area contributed by atoms with Crippen molar-refractivity contribution in [1.82, 2.24) is 20.2 Å². The number of nitrogens with two attached hydrogens (primary N) is 1. The van der Waals surface area contributed by atoms with Crippen LogP contribution in [0.1, 0.15) is 17.5 Å². The molecular formula is C13H15N7S. The van der Waals surface area contributed by atoms with E-state index in [0.29, 0.717) is 12.5 Å². The number of hydrazine groups is 1. The first-order valence-electron chi connectivity index (χ1n) is 6.57. The van der Waals surface area contributed by atoms with Crippen LogP contribution in [0.2, 0.25) is 0 Å². The molecule has 0 bridgehead atoms. The Hall–Kier alpha value is -2.32. The highest BCUT2D eigenvalue weighted by atomic mass is 32.1. The van der Waals surface area contributed by atoms with E-state index < -0.39 is 0 Å². The summed E-state index contributed by atoms with van der Waals surface area (Å²) in [5.41, 5.74) is 3.35. The van der Waals surface area contributed by atoms with Gasteiger partial charge in [-0.05, 0) is 24.6 Å². The summed E-state index contributed by atoms with van der Waals surface area (Å²) in [4.78, 5) is 10.9.